The van der Waals surface area contributed by atoms with Crippen LogP contribution in [0, 0.1) is 5.92 Å². The number of rotatable bonds is 4. The van der Waals surface area contributed by atoms with Crippen LogP contribution in [0.25, 0.3) is 10.9 Å². The topological polar surface area (TPSA) is 40.7 Å². The number of aromatic nitrogens is 2. The van der Waals surface area contributed by atoms with Crippen LogP contribution < -0.4 is 5.32 Å². The summed E-state index contributed by atoms with van der Waals surface area (Å²) in [5, 5.41) is 14.1. The molecule has 1 aliphatic carbocycles. The highest BCUT2D eigenvalue weighted by Gasteiger charge is 2.32. The third kappa shape index (κ3) is 2.12. The van der Waals surface area contributed by atoms with Gasteiger partial charge in [-0.25, -0.2) is 0 Å². The van der Waals surface area contributed by atoms with Crippen molar-refractivity contribution in [2.24, 2.45) is 5.92 Å². The number of H-pyrrole nitrogens is 1. The zero-order valence-electron chi connectivity index (χ0n) is 10.5. The molecule has 2 heterocycles. The van der Waals surface area contributed by atoms with Crippen molar-refractivity contribution in [1.29, 1.82) is 0 Å². The van der Waals surface area contributed by atoms with E-state index in [0.29, 0.717) is 6.04 Å². The van der Waals surface area contributed by atoms with Gasteiger partial charge in [0.25, 0.3) is 0 Å². The van der Waals surface area contributed by atoms with Crippen molar-refractivity contribution in [3.05, 3.63) is 46.8 Å². The number of anilines is 1. The molecule has 2 aromatic heterocycles. The smallest absolute Gasteiger partial charge is 0.0651 e. The average molecular weight is 269 g/mol. The molecule has 0 bridgehead atoms. The van der Waals surface area contributed by atoms with Gasteiger partial charge in [-0.05, 0) is 48.4 Å². The molecule has 3 nitrogen and oxygen atoms in total. The summed E-state index contributed by atoms with van der Waals surface area (Å²) in [6.45, 7) is 0. The molecule has 1 atom stereocenters. The Bertz CT molecular complexity index is 682. The lowest BCUT2D eigenvalue weighted by atomic mass is 10.1. The first kappa shape index (κ1) is 11.1. The summed E-state index contributed by atoms with van der Waals surface area (Å²) in [4.78, 5) is 1.44. The molecule has 1 aromatic carbocycles. The van der Waals surface area contributed by atoms with Crippen molar-refractivity contribution in [2.75, 3.05) is 5.32 Å². The molecule has 2 N–H and O–H groups in total. The van der Waals surface area contributed by atoms with Crippen LogP contribution in [-0.2, 0) is 0 Å². The van der Waals surface area contributed by atoms with Crippen LogP contribution in [0.1, 0.15) is 23.8 Å². The minimum atomic E-state index is 0.462. The molecule has 4 rings (SSSR count). The summed E-state index contributed by atoms with van der Waals surface area (Å²) in [6, 6.07) is 11.2. The summed E-state index contributed by atoms with van der Waals surface area (Å²) in [7, 11) is 0. The molecular weight excluding hydrogens is 254 g/mol. The van der Waals surface area contributed by atoms with Crippen LogP contribution in [-0.4, -0.2) is 10.2 Å². The molecule has 0 amide bonds. The monoisotopic (exact) mass is 269 g/mol. The van der Waals surface area contributed by atoms with Crippen molar-refractivity contribution >= 4 is 27.9 Å². The maximum absolute atomic E-state index is 4.07. The molecule has 4 heteroatoms. The van der Waals surface area contributed by atoms with Crippen LogP contribution >= 0.6 is 11.3 Å². The first-order valence-corrected chi connectivity index (χ1v) is 7.51. The number of nitrogens with one attached hydrogen (secondary N) is 2. The largest absolute Gasteiger partial charge is 0.377 e. The molecule has 0 aliphatic heterocycles. The van der Waals surface area contributed by atoms with Crippen LogP contribution in [0.3, 0.4) is 0 Å². The SMILES string of the molecule is c1csc(C(Nc2ccc3[nH]ncc3c2)C2CC2)c1. The molecule has 3 aromatic rings. The zero-order chi connectivity index (χ0) is 12.7. The molecule has 1 fully saturated rings. The van der Waals surface area contributed by atoms with Crippen LogP contribution in [0.4, 0.5) is 5.69 Å². The number of nitrogens with zero attached hydrogens (tertiary/aromatic N) is 1. The standard InChI is InChI=1S/C15H15N3S/c1-2-14(19-7-1)15(10-3-4-10)17-12-5-6-13-11(8-12)9-16-18-13/h1-2,5-10,15,17H,3-4H2,(H,16,18). The van der Waals surface area contributed by atoms with E-state index >= 15 is 0 Å². The van der Waals surface area contributed by atoms with E-state index < -0.39 is 0 Å². The Morgan fingerprint density at radius 3 is 3.05 bits per heavy atom. The number of benzene rings is 1. The van der Waals surface area contributed by atoms with E-state index in [9.17, 15) is 0 Å². The minimum Gasteiger partial charge on any atom is -0.377 e. The van der Waals surface area contributed by atoms with E-state index in [2.05, 4.69) is 51.2 Å². The summed E-state index contributed by atoms with van der Waals surface area (Å²) in [5.41, 5.74) is 2.27. The van der Waals surface area contributed by atoms with Gasteiger partial charge in [0.1, 0.15) is 0 Å². The van der Waals surface area contributed by atoms with Crippen molar-refractivity contribution < 1.29 is 0 Å². The van der Waals surface area contributed by atoms with E-state index in [0.717, 1.165) is 16.8 Å². The summed E-state index contributed by atoms with van der Waals surface area (Å²) in [5.74, 6) is 0.790. The molecule has 19 heavy (non-hydrogen) atoms. The van der Waals surface area contributed by atoms with Gasteiger partial charge in [-0.3, -0.25) is 5.10 Å². The summed E-state index contributed by atoms with van der Waals surface area (Å²) in [6.07, 6.45) is 4.55. The lowest BCUT2D eigenvalue weighted by Crippen LogP contribution is -2.11. The number of fused-ring (bicyclic) bond motifs is 1. The van der Waals surface area contributed by atoms with E-state index in [1.165, 1.54) is 23.4 Å². The number of aromatic amines is 1. The summed E-state index contributed by atoms with van der Waals surface area (Å²) < 4.78 is 0. The third-order valence-corrected chi connectivity index (χ3v) is 4.66. The maximum atomic E-state index is 4.07. The van der Waals surface area contributed by atoms with Gasteiger partial charge >= 0.3 is 0 Å². The van der Waals surface area contributed by atoms with Gasteiger partial charge in [-0.1, -0.05) is 6.07 Å². The van der Waals surface area contributed by atoms with E-state index in [-0.39, 0.29) is 0 Å². The van der Waals surface area contributed by atoms with Crippen LogP contribution in [0.15, 0.2) is 41.9 Å². The second-order valence-corrected chi connectivity index (χ2v) is 6.13. The highest BCUT2D eigenvalue weighted by atomic mass is 32.1. The third-order valence-electron chi connectivity index (χ3n) is 3.71. The van der Waals surface area contributed by atoms with Gasteiger partial charge in [0.2, 0.25) is 0 Å². The highest BCUT2D eigenvalue weighted by Crippen LogP contribution is 2.44. The molecule has 1 aliphatic rings. The number of thiophene rings is 1. The second kappa shape index (κ2) is 4.38. The molecule has 0 spiro atoms. The predicted molar refractivity (Wildman–Crippen MR) is 79.5 cm³/mol. The van der Waals surface area contributed by atoms with Crippen LogP contribution in [0.2, 0.25) is 0 Å². The first-order valence-electron chi connectivity index (χ1n) is 6.63. The molecule has 0 radical (unpaired) electrons. The van der Waals surface area contributed by atoms with Crippen molar-refractivity contribution in [1.82, 2.24) is 10.2 Å². The van der Waals surface area contributed by atoms with Crippen molar-refractivity contribution in [3.8, 4) is 0 Å². The molecular formula is C15H15N3S. The van der Waals surface area contributed by atoms with Gasteiger partial charge in [0.05, 0.1) is 17.8 Å². The van der Waals surface area contributed by atoms with E-state index in [1.54, 1.807) is 0 Å². The fourth-order valence-electron chi connectivity index (χ4n) is 2.53. The average Bonchev–Trinajstić information content (AvgIpc) is 2.93. The molecule has 96 valence electrons. The molecule has 0 saturated heterocycles. The van der Waals surface area contributed by atoms with Crippen molar-refractivity contribution in [3.63, 3.8) is 0 Å². The number of hydrogen-bond acceptors (Lipinski definition) is 3. The fourth-order valence-corrected chi connectivity index (χ4v) is 3.40. The Labute approximate surface area is 115 Å². The van der Waals surface area contributed by atoms with E-state index in [4.69, 9.17) is 0 Å². The van der Waals surface area contributed by atoms with E-state index in [1.807, 2.05) is 17.5 Å². The lowest BCUT2D eigenvalue weighted by Gasteiger charge is -2.18. The normalized spacial score (nSPS) is 16.6. The van der Waals surface area contributed by atoms with Gasteiger partial charge in [0, 0.05) is 16.0 Å². The summed E-state index contributed by atoms with van der Waals surface area (Å²) >= 11 is 1.84. The lowest BCUT2D eigenvalue weighted by molar-refractivity contribution is 0.691. The zero-order valence-corrected chi connectivity index (χ0v) is 11.3. The molecule has 1 saturated carbocycles. The Hall–Kier alpha value is -1.81. The first-order chi connectivity index (χ1) is 9.40. The Kier molecular flexibility index (Phi) is 2.55. The van der Waals surface area contributed by atoms with Gasteiger partial charge in [0.15, 0.2) is 0 Å². The Balaban J connectivity index is 1.64. The predicted octanol–water partition coefficient (Wildman–Crippen LogP) is 4.19. The quantitative estimate of drug-likeness (QED) is 0.745. The van der Waals surface area contributed by atoms with Gasteiger partial charge in [-0.2, -0.15) is 5.10 Å². The van der Waals surface area contributed by atoms with Gasteiger partial charge in [-0.15, -0.1) is 11.3 Å². The fraction of sp³-hybridized carbons (Fsp3) is 0.267. The molecule has 1 unspecified atom stereocenters. The Morgan fingerprint density at radius 1 is 1.32 bits per heavy atom. The maximum Gasteiger partial charge on any atom is 0.0651 e. The highest BCUT2D eigenvalue weighted by molar-refractivity contribution is 7.10. The minimum absolute atomic E-state index is 0.462. The van der Waals surface area contributed by atoms with Gasteiger partial charge < -0.3 is 5.32 Å². The van der Waals surface area contributed by atoms with Crippen LogP contribution in [0.5, 0.6) is 0 Å². The van der Waals surface area contributed by atoms with Crippen molar-refractivity contribution in [2.45, 2.75) is 18.9 Å². The number of hydrogen-bond donors (Lipinski definition) is 2. The Morgan fingerprint density at radius 2 is 2.26 bits per heavy atom. The second-order valence-electron chi connectivity index (χ2n) is 5.15.